The van der Waals surface area contributed by atoms with Crippen molar-refractivity contribution in [2.24, 2.45) is 0 Å². The highest BCUT2D eigenvalue weighted by molar-refractivity contribution is 6.31. The van der Waals surface area contributed by atoms with Crippen molar-refractivity contribution < 1.29 is 13.7 Å². The zero-order chi connectivity index (χ0) is 19.0. The van der Waals surface area contributed by atoms with Gasteiger partial charge in [-0.15, -0.1) is 0 Å². The van der Waals surface area contributed by atoms with Crippen LogP contribution in [0.5, 0.6) is 0 Å². The van der Waals surface area contributed by atoms with Crippen LogP contribution in [-0.4, -0.2) is 27.5 Å². The molecule has 2 aromatic carbocycles. The van der Waals surface area contributed by atoms with E-state index in [0.717, 1.165) is 11.1 Å². The molecule has 1 fully saturated rings. The van der Waals surface area contributed by atoms with Crippen molar-refractivity contribution in [3.05, 3.63) is 69.7 Å². The van der Waals surface area contributed by atoms with E-state index in [4.69, 9.17) is 27.7 Å². The lowest BCUT2D eigenvalue weighted by molar-refractivity contribution is -0.128. The number of likely N-dealkylation sites (tertiary alicyclic amines) is 1. The van der Waals surface area contributed by atoms with E-state index in [1.54, 1.807) is 29.2 Å². The lowest BCUT2D eigenvalue weighted by atomic mass is 10.1. The first kappa shape index (κ1) is 17.9. The second-order valence-corrected chi connectivity index (χ2v) is 7.24. The fraction of sp³-hybridized carbons (Fsp3) is 0.211. The van der Waals surface area contributed by atoms with Crippen LogP contribution in [0.25, 0.3) is 11.5 Å². The maximum absolute atomic E-state index is 13.3. The van der Waals surface area contributed by atoms with Gasteiger partial charge in [0.1, 0.15) is 5.82 Å². The van der Waals surface area contributed by atoms with E-state index in [1.165, 1.54) is 12.1 Å². The summed E-state index contributed by atoms with van der Waals surface area (Å²) < 4.78 is 18.6. The predicted molar refractivity (Wildman–Crippen MR) is 98.9 cm³/mol. The Morgan fingerprint density at radius 3 is 2.85 bits per heavy atom. The average molecular weight is 406 g/mol. The van der Waals surface area contributed by atoms with Crippen LogP contribution >= 0.6 is 23.2 Å². The molecule has 1 aliphatic rings. The summed E-state index contributed by atoms with van der Waals surface area (Å²) in [6.07, 6.45) is 0.295. The van der Waals surface area contributed by atoms with Crippen LogP contribution in [-0.2, 0) is 11.3 Å². The minimum Gasteiger partial charge on any atom is -0.338 e. The maximum atomic E-state index is 13.3. The molecule has 138 valence electrons. The van der Waals surface area contributed by atoms with Gasteiger partial charge in [0.25, 0.3) is 5.89 Å². The van der Waals surface area contributed by atoms with Crippen LogP contribution in [0.4, 0.5) is 4.39 Å². The number of benzene rings is 2. The topological polar surface area (TPSA) is 59.2 Å². The third-order valence-electron chi connectivity index (χ3n) is 4.45. The normalized spacial score (nSPS) is 16.9. The van der Waals surface area contributed by atoms with Crippen molar-refractivity contribution in [3.63, 3.8) is 0 Å². The van der Waals surface area contributed by atoms with Crippen LogP contribution in [0.2, 0.25) is 10.0 Å². The number of halogens is 3. The van der Waals surface area contributed by atoms with Crippen molar-refractivity contribution in [2.45, 2.75) is 18.9 Å². The molecule has 1 unspecified atom stereocenters. The Kier molecular flexibility index (Phi) is 4.85. The number of hydrogen-bond acceptors (Lipinski definition) is 4. The van der Waals surface area contributed by atoms with Crippen molar-refractivity contribution in [1.29, 1.82) is 0 Å². The van der Waals surface area contributed by atoms with Gasteiger partial charge in [0.2, 0.25) is 5.91 Å². The van der Waals surface area contributed by atoms with Gasteiger partial charge in [-0.1, -0.05) is 40.5 Å². The predicted octanol–water partition coefficient (Wildman–Crippen LogP) is 4.70. The Morgan fingerprint density at radius 2 is 2.07 bits per heavy atom. The highest BCUT2D eigenvalue weighted by atomic mass is 35.5. The van der Waals surface area contributed by atoms with Gasteiger partial charge in [-0.25, -0.2) is 4.39 Å². The van der Waals surface area contributed by atoms with Gasteiger partial charge in [-0.2, -0.15) is 4.98 Å². The van der Waals surface area contributed by atoms with Crippen LogP contribution in [0, 0.1) is 5.82 Å². The molecule has 1 aromatic heterocycles. The number of hydrogen-bond donors (Lipinski definition) is 0. The summed E-state index contributed by atoms with van der Waals surface area (Å²) in [5.74, 6) is 0.188. The Bertz CT molecular complexity index is 1010. The summed E-state index contributed by atoms with van der Waals surface area (Å²) in [7, 11) is 0. The largest absolute Gasteiger partial charge is 0.338 e. The van der Waals surface area contributed by atoms with E-state index in [9.17, 15) is 9.18 Å². The van der Waals surface area contributed by atoms with Gasteiger partial charge >= 0.3 is 0 Å². The zero-order valence-electron chi connectivity index (χ0n) is 14.0. The Hall–Kier alpha value is -2.44. The van der Waals surface area contributed by atoms with Crippen LogP contribution in [0.3, 0.4) is 0 Å². The summed E-state index contributed by atoms with van der Waals surface area (Å²) in [4.78, 5) is 18.5. The molecular formula is C19H14Cl2FN3O2. The molecule has 2 heterocycles. The molecule has 1 aliphatic heterocycles. The Balaban J connectivity index is 1.48. The fourth-order valence-corrected chi connectivity index (χ4v) is 3.49. The summed E-state index contributed by atoms with van der Waals surface area (Å²) in [5, 5.41) is 4.65. The monoisotopic (exact) mass is 405 g/mol. The molecule has 4 rings (SSSR count). The lowest BCUT2D eigenvalue weighted by Gasteiger charge is -2.16. The molecule has 1 atom stereocenters. The SMILES string of the molecule is O=C1CC(c2noc(-c3cccc(Cl)c3)n2)CN1Cc1ccc(F)c(Cl)c1. The first-order chi connectivity index (χ1) is 13.0. The van der Waals surface area contributed by atoms with Crippen LogP contribution in [0.1, 0.15) is 23.7 Å². The second kappa shape index (κ2) is 7.29. The summed E-state index contributed by atoms with van der Waals surface area (Å²) in [6, 6.07) is 11.6. The fourth-order valence-electron chi connectivity index (χ4n) is 3.10. The van der Waals surface area contributed by atoms with Gasteiger partial charge in [0, 0.05) is 36.0 Å². The minimum atomic E-state index is -0.480. The van der Waals surface area contributed by atoms with Crippen molar-refractivity contribution >= 4 is 29.1 Å². The van der Waals surface area contributed by atoms with E-state index in [-0.39, 0.29) is 16.8 Å². The number of rotatable bonds is 4. The van der Waals surface area contributed by atoms with Gasteiger partial charge < -0.3 is 9.42 Å². The first-order valence-electron chi connectivity index (χ1n) is 8.31. The van der Waals surface area contributed by atoms with E-state index in [2.05, 4.69) is 10.1 Å². The summed E-state index contributed by atoms with van der Waals surface area (Å²) in [6.45, 7) is 0.816. The van der Waals surface area contributed by atoms with E-state index >= 15 is 0 Å². The molecular weight excluding hydrogens is 392 g/mol. The zero-order valence-corrected chi connectivity index (χ0v) is 15.5. The highest BCUT2D eigenvalue weighted by Gasteiger charge is 2.33. The van der Waals surface area contributed by atoms with Crippen molar-refractivity contribution in [1.82, 2.24) is 15.0 Å². The van der Waals surface area contributed by atoms with Crippen molar-refractivity contribution in [2.75, 3.05) is 6.54 Å². The smallest absolute Gasteiger partial charge is 0.257 e. The summed E-state index contributed by atoms with van der Waals surface area (Å²) >= 11 is 11.8. The maximum Gasteiger partial charge on any atom is 0.257 e. The standard InChI is InChI=1S/C19H14Cl2FN3O2/c20-14-3-1-2-12(7-14)19-23-18(24-27-19)13-8-17(26)25(10-13)9-11-4-5-16(22)15(21)6-11/h1-7,13H,8-10H2. The Labute approximate surface area is 164 Å². The first-order valence-corrected chi connectivity index (χ1v) is 9.06. The average Bonchev–Trinajstić information content (AvgIpc) is 3.26. The minimum absolute atomic E-state index is 0.0189. The summed E-state index contributed by atoms with van der Waals surface area (Å²) in [5.41, 5.74) is 1.49. The van der Waals surface area contributed by atoms with Gasteiger partial charge in [-0.3, -0.25) is 4.79 Å². The number of carbonyl (C=O) groups is 1. The van der Waals surface area contributed by atoms with E-state index in [1.807, 2.05) is 6.07 Å². The van der Waals surface area contributed by atoms with Gasteiger partial charge in [0.15, 0.2) is 5.82 Å². The number of carbonyl (C=O) groups excluding carboxylic acids is 1. The molecule has 5 nitrogen and oxygen atoms in total. The molecule has 3 aromatic rings. The quantitative estimate of drug-likeness (QED) is 0.631. The molecule has 0 radical (unpaired) electrons. The highest BCUT2D eigenvalue weighted by Crippen LogP contribution is 2.30. The molecule has 0 N–H and O–H groups in total. The molecule has 0 saturated carbocycles. The molecule has 1 saturated heterocycles. The van der Waals surface area contributed by atoms with Gasteiger partial charge in [0.05, 0.1) is 5.02 Å². The number of nitrogens with zero attached hydrogens (tertiary/aromatic N) is 3. The number of aromatic nitrogens is 2. The van der Waals surface area contributed by atoms with Crippen LogP contribution in [0.15, 0.2) is 47.0 Å². The molecule has 1 amide bonds. The lowest BCUT2D eigenvalue weighted by Crippen LogP contribution is -2.24. The Morgan fingerprint density at radius 1 is 1.22 bits per heavy atom. The third kappa shape index (κ3) is 3.82. The molecule has 8 heteroatoms. The van der Waals surface area contributed by atoms with Crippen molar-refractivity contribution in [3.8, 4) is 11.5 Å². The van der Waals surface area contributed by atoms with E-state index < -0.39 is 5.82 Å². The molecule has 27 heavy (non-hydrogen) atoms. The van der Waals surface area contributed by atoms with Gasteiger partial charge in [-0.05, 0) is 35.9 Å². The third-order valence-corrected chi connectivity index (χ3v) is 4.98. The number of amides is 1. The molecule has 0 bridgehead atoms. The van der Waals surface area contributed by atoms with Crippen LogP contribution < -0.4 is 0 Å². The van der Waals surface area contributed by atoms with E-state index in [0.29, 0.717) is 36.2 Å². The molecule has 0 aliphatic carbocycles. The second-order valence-electron chi connectivity index (χ2n) is 6.39. The molecule has 0 spiro atoms.